The number of carbonyl (C=O) groups excluding carboxylic acids is 2. The van der Waals surface area contributed by atoms with Gasteiger partial charge in [-0.05, 0) is 6.42 Å². The molecule has 0 aliphatic heterocycles. The van der Waals surface area contributed by atoms with E-state index < -0.39 is 23.4 Å². The molecular formula is C9H14BrClO4. The Morgan fingerprint density at radius 3 is 2.33 bits per heavy atom. The Morgan fingerprint density at radius 2 is 1.93 bits per heavy atom. The van der Waals surface area contributed by atoms with E-state index in [2.05, 4.69) is 15.9 Å². The molecule has 0 aromatic rings. The molecule has 2 unspecified atom stereocenters. The number of ether oxygens (including phenoxy) is 2. The van der Waals surface area contributed by atoms with Gasteiger partial charge in [0.05, 0.1) is 0 Å². The maximum Gasteiger partial charge on any atom is 0.302 e. The van der Waals surface area contributed by atoms with Gasteiger partial charge in [0.1, 0.15) is 18.1 Å². The van der Waals surface area contributed by atoms with Crippen molar-refractivity contribution < 1.29 is 19.1 Å². The van der Waals surface area contributed by atoms with Crippen LogP contribution in [0.3, 0.4) is 0 Å². The molecule has 0 aliphatic carbocycles. The molecule has 0 saturated carbocycles. The number of hydrogen-bond acceptors (Lipinski definition) is 4. The fourth-order valence-corrected chi connectivity index (χ4v) is 1.63. The molecule has 0 heterocycles. The van der Waals surface area contributed by atoms with E-state index in [0.29, 0.717) is 11.8 Å². The Morgan fingerprint density at radius 1 is 1.33 bits per heavy atom. The zero-order chi connectivity index (χ0) is 11.8. The van der Waals surface area contributed by atoms with Crippen LogP contribution >= 0.6 is 27.5 Å². The first-order valence-corrected chi connectivity index (χ1v) is 6.03. The van der Waals surface area contributed by atoms with Crippen molar-refractivity contribution in [1.29, 1.82) is 0 Å². The Bertz CT molecular complexity index is 222. The third kappa shape index (κ3) is 7.62. The second-order valence-corrected chi connectivity index (χ2v) is 4.30. The third-order valence-electron chi connectivity index (χ3n) is 1.56. The number of alkyl halides is 2. The van der Waals surface area contributed by atoms with Crippen LogP contribution in [0.1, 0.15) is 20.3 Å². The molecule has 0 rings (SSSR count). The molecule has 0 spiro atoms. The van der Waals surface area contributed by atoms with Gasteiger partial charge in [0.25, 0.3) is 0 Å². The van der Waals surface area contributed by atoms with Crippen molar-refractivity contribution in [3.63, 3.8) is 0 Å². The summed E-state index contributed by atoms with van der Waals surface area (Å²) in [5, 5.41) is 0.143. The highest BCUT2D eigenvalue weighted by Crippen LogP contribution is 2.13. The van der Waals surface area contributed by atoms with Gasteiger partial charge in [-0.15, -0.1) is 11.6 Å². The highest BCUT2D eigenvalue weighted by Gasteiger charge is 2.22. The standard InChI is InChI=1S/C9H14BrClO4/c1-6(12)14-5-8(11)9(3-4-10)15-7(2)13/h8-9H,3-5H2,1-2H3. The van der Waals surface area contributed by atoms with Gasteiger partial charge in [0.15, 0.2) is 0 Å². The summed E-state index contributed by atoms with van der Waals surface area (Å²) in [5.74, 6) is -0.796. The van der Waals surface area contributed by atoms with Crippen molar-refractivity contribution in [2.45, 2.75) is 31.7 Å². The molecule has 0 amide bonds. The lowest BCUT2D eigenvalue weighted by molar-refractivity contribution is -0.148. The van der Waals surface area contributed by atoms with E-state index in [1.807, 2.05) is 0 Å². The molecule has 0 bridgehead atoms. The monoisotopic (exact) mass is 300 g/mol. The lowest BCUT2D eigenvalue weighted by Crippen LogP contribution is -2.31. The summed E-state index contributed by atoms with van der Waals surface area (Å²) in [6.45, 7) is 2.66. The largest absolute Gasteiger partial charge is 0.464 e. The molecule has 2 atom stereocenters. The van der Waals surface area contributed by atoms with Crippen molar-refractivity contribution in [3.8, 4) is 0 Å². The predicted molar refractivity (Wildman–Crippen MR) is 60.2 cm³/mol. The first kappa shape index (κ1) is 14.7. The first-order chi connectivity index (χ1) is 6.97. The van der Waals surface area contributed by atoms with Gasteiger partial charge in [0.2, 0.25) is 0 Å². The smallest absolute Gasteiger partial charge is 0.302 e. The van der Waals surface area contributed by atoms with Crippen molar-refractivity contribution in [2.75, 3.05) is 11.9 Å². The van der Waals surface area contributed by atoms with Gasteiger partial charge in [-0.3, -0.25) is 9.59 Å². The Balaban J connectivity index is 4.08. The van der Waals surface area contributed by atoms with E-state index in [0.717, 1.165) is 0 Å². The van der Waals surface area contributed by atoms with Crippen LogP contribution in [0, 0.1) is 0 Å². The molecule has 15 heavy (non-hydrogen) atoms. The lowest BCUT2D eigenvalue weighted by Gasteiger charge is -2.20. The molecule has 0 saturated heterocycles. The predicted octanol–water partition coefficient (Wildman–Crippen LogP) is 1.87. The number of carbonyl (C=O) groups is 2. The normalized spacial score (nSPS) is 14.1. The Kier molecular flexibility index (Phi) is 7.78. The molecule has 6 heteroatoms. The summed E-state index contributed by atoms with van der Waals surface area (Å²) in [4.78, 5) is 21.3. The minimum absolute atomic E-state index is 0.0435. The van der Waals surface area contributed by atoms with Gasteiger partial charge < -0.3 is 9.47 Å². The zero-order valence-electron chi connectivity index (χ0n) is 8.66. The molecule has 0 aliphatic rings. The highest BCUT2D eigenvalue weighted by atomic mass is 79.9. The average Bonchev–Trinajstić information content (AvgIpc) is 2.12. The minimum Gasteiger partial charge on any atom is -0.464 e. The Hall–Kier alpha value is -0.290. The number of halogens is 2. The third-order valence-corrected chi connectivity index (χ3v) is 2.43. The second-order valence-electron chi connectivity index (χ2n) is 2.94. The van der Waals surface area contributed by atoms with E-state index in [9.17, 15) is 9.59 Å². The topological polar surface area (TPSA) is 52.6 Å². The average molecular weight is 302 g/mol. The SMILES string of the molecule is CC(=O)OCC(Cl)C(CCBr)OC(C)=O. The van der Waals surface area contributed by atoms with Gasteiger partial charge in [0, 0.05) is 19.2 Å². The van der Waals surface area contributed by atoms with E-state index in [1.54, 1.807) is 0 Å². The van der Waals surface area contributed by atoms with Crippen molar-refractivity contribution in [3.05, 3.63) is 0 Å². The van der Waals surface area contributed by atoms with Gasteiger partial charge in [-0.2, -0.15) is 0 Å². The van der Waals surface area contributed by atoms with E-state index in [1.165, 1.54) is 13.8 Å². The van der Waals surface area contributed by atoms with Gasteiger partial charge in [-0.1, -0.05) is 15.9 Å². The van der Waals surface area contributed by atoms with Crippen molar-refractivity contribution in [1.82, 2.24) is 0 Å². The summed E-state index contributed by atoms with van der Waals surface area (Å²) >= 11 is 9.17. The number of hydrogen-bond donors (Lipinski definition) is 0. The van der Waals surface area contributed by atoms with Crippen LogP contribution in [0.2, 0.25) is 0 Å². The number of rotatable bonds is 6. The maximum absolute atomic E-state index is 10.8. The molecule has 0 aromatic heterocycles. The van der Waals surface area contributed by atoms with Crippen LogP contribution in [-0.4, -0.2) is 35.4 Å². The fourth-order valence-electron chi connectivity index (χ4n) is 0.939. The summed E-state index contributed by atoms with van der Waals surface area (Å²) in [7, 11) is 0. The first-order valence-electron chi connectivity index (χ1n) is 4.48. The van der Waals surface area contributed by atoms with Crippen LogP contribution in [0.25, 0.3) is 0 Å². The highest BCUT2D eigenvalue weighted by molar-refractivity contribution is 9.09. The van der Waals surface area contributed by atoms with E-state index >= 15 is 0 Å². The van der Waals surface area contributed by atoms with E-state index in [4.69, 9.17) is 21.1 Å². The van der Waals surface area contributed by atoms with Crippen molar-refractivity contribution in [2.24, 2.45) is 0 Å². The molecule has 4 nitrogen and oxygen atoms in total. The maximum atomic E-state index is 10.8. The molecule has 88 valence electrons. The van der Waals surface area contributed by atoms with Gasteiger partial charge in [-0.25, -0.2) is 0 Å². The zero-order valence-corrected chi connectivity index (χ0v) is 11.0. The molecule has 0 fully saturated rings. The second kappa shape index (κ2) is 7.93. The minimum atomic E-state index is -0.518. The lowest BCUT2D eigenvalue weighted by atomic mass is 10.2. The molecule has 0 N–H and O–H groups in total. The van der Waals surface area contributed by atoms with Crippen LogP contribution in [0.15, 0.2) is 0 Å². The number of esters is 2. The van der Waals surface area contributed by atoms with Gasteiger partial charge >= 0.3 is 11.9 Å². The summed E-state index contributed by atoms with van der Waals surface area (Å²) in [6, 6.07) is 0. The van der Waals surface area contributed by atoms with Crippen LogP contribution in [0.4, 0.5) is 0 Å². The van der Waals surface area contributed by atoms with Crippen molar-refractivity contribution >= 4 is 39.5 Å². The quantitative estimate of drug-likeness (QED) is 0.555. The molecule has 0 radical (unpaired) electrons. The fraction of sp³-hybridized carbons (Fsp3) is 0.778. The summed E-state index contributed by atoms with van der Waals surface area (Å²) in [6.07, 6.45) is 0.137. The summed E-state index contributed by atoms with van der Waals surface area (Å²) < 4.78 is 9.73. The molecule has 0 aromatic carbocycles. The van der Waals surface area contributed by atoms with Crippen LogP contribution in [-0.2, 0) is 19.1 Å². The van der Waals surface area contributed by atoms with Crippen LogP contribution < -0.4 is 0 Å². The van der Waals surface area contributed by atoms with E-state index in [-0.39, 0.29) is 6.61 Å². The van der Waals surface area contributed by atoms with Crippen LogP contribution in [0.5, 0.6) is 0 Å². The summed E-state index contributed by atoms with van der Waals surface area (Å²) in [5.41, 5.74) is 0. The Labute approximate surface area is 102 Å². The molecular weight excluding hydrogens is 287 g/mol.